The van der Waals surface area contributed by atoms with E-state index in [1.54, 1.807) is 11.8 Å². The molecule has 4 bridgehead atoms. The Kier molecular flexibility index (Phi) is 3.82. The van der Waals surface area contributed by atoms with E-state index in [-0.39, 0.29) is 17.5 Å². The van der Waals surface area contributed by atoms with E-state index in [0.29, 0.717) is 0 Å². The topological polar surface area (TPSA) is 55.1 Å². The molecule has 3 N–H and O–H groups in total. The normalized spacial score (nSPS) is 41.3. The molecule has 0 radical (unpaired) electrons. The Labute approximate surface area is 120 Å². The van der Waals surface area contributed by atoms with E-state index in [2.05, 4.69) is 11.6 Å². The monoisotopic (exact) mass is 282 g/mol. The Morgan fingerprint density at radius 1 is 1.26 bits per heavy atom. The van der Waals surface area contributed by atoms with Gasteiger partial charge in [0.1, 0.15) is 0 Å². The third-order valence-electron chi connectivity index (χ3n) is 5.40. The third kappa shape index (κ3) is 2.80. The lowest BCUT2D eigenvalue weighted by atomic mass is 9.53. The number of carbonyl (C=O) groups is 1. The van der Waals surface area contributed by atoms with Crippen LogP contribution in [0.4, 0.5) is 0 Å². The molecule has 1 atom stereocenters. The number of rotatable bonds is 5. The lowest BCUT2D eigenvalue weighted by Crippen LogP contribution is -2.62. The fourth-order valence-electron chi connectivity index (χ4n) is 4.99. The Hall–Kier alpha value is -0.220. The Morgan fingerprint density at radius 3 is 2.26 bits per heavy atom. The van der Waals surface area contributed by atoms with Crippen LogP contribution in [0.2, 0.25) is 0 Å². The van der Waals surface area contributed by atoms with Gasteiger partial charge in [-0.1, -0.05) is 0 Å². The number of nitrogens with two attached hydrogens (primary N) is 1. The minimum Gasteiger partial charge on any atom is -0.349 e. The van der Waals surface area contributed by atoms with Crippen LogP contribution in [0.5, 0.6) is 0 Å². The lowest BCUT2D eigenvalue weighted by molar-refractivity contribution is -0.128. The van der Waals surface area contributed by atoms with Gasteiger partial charge in [0.2, 0.25) is 5.91 Å². The number of carbonyl (C=O) groups excluding carboxylic acids is 1. The van der Waals surface area contributed by atoms with Crippen LogP contribution >= 0.6 is 11.8 Å². The van der Waals surface area contributed by atoms with Crippen molar-refractivity contribution in [1.82, 2.24) is 5.32 Å². The van der Waals surface area contributed by atoms with Gasteiger partial charge in [-0.25, -0.2) is 0 Å². The van der Waals surface area contributed by atoms with E-state index in [9.17, 15) is 4.79 Å². The van der Waals surface area contributed by atoms with Crippen LogP contribution < -0.4 is 11.1 Å². The highest BCUT2D eigenvalue weighted by molar-refractivity contribution is 7.98. The highest BCUT2D eigenvalue weighted by atomic mass is 32.2. The maximum atomic E-state index is 12.3. The predicted octanol–water partition coefficient (Wildman–Crippen LogP) is 2.15. The van der Waals surface area contributed by atoms with Crippen LogP contribution in [-0.4, -0.2) is 29.5 Å². The first-order valence-electron chi connectivity index (χ1n) is 7.67. The van der Waals surface area contributed by atoms with Gasteiger partial charge in [0.25, 0.3) is 0 Å². The first-order chi connectivity index (χ1) is 9.10. The van der Waals surface area contributed by atoms with Gasteiger partial charge in [0.05, 0.1) is 6.04 Å². The molecule has 108 valence electrons. The van der Waals surface area contributed by atoms with Crippen LogP contribution in [0.1, 0.15) is 44.9 Å². The number of amides is 1. The van der Waals surface area contributed by atoms with Crippen LogP contribution in [0.3, 0.4) is 0 Å². The van der Waals surface area contributed by atoms with Crippen molar-refractivity contribution in [3.05, 3.63) is 0 Å². The van der Waals surface area contributed by atoms with Crippen molar-refractivity contribution in [3.63, 3.8) is 0 Å². The fraction of sp³-hybridized carbons (Fsp3) is 0.933. The average molecular weight is 282 g/mol. The van der Waals surface area contributed by atoms with Gasteiger partial charge in [0.15, 0.2) is 0 Å². The minimum atomic E-state index is -0.319. The third-order valence-corrected chi connectivity index (χ3v) is 6.04. The van der Waals surface area contributed by atoms with E-state index >= 15 is 0 Å². The first kappa shape index (κ1) is 13.7. The zero-order valence-electron chi connectivity index (χ0n) is 11.9. The molecule has 4 rings (SSSR count). The number of thioether (sulfide) groups is 1. The summed E-state index contributed by atoms with van der Waals surface area (Å²) in [4.78, 5) is 12.3. The summed E-state index contributed by atoms with van der Waals surface area (Å²) in [5, 5.41) is 3.36. The van der Waals surface area contributed by atoms with Gasteiger partial charge in [-0.3, -0.25) is 4.79 Å². The number of hydrogen-bond acceptors (Lipinski definition) is 3. The smallest absolute Gasteiger partial charge is 0.237 e. The van der Waals surface area contributed by atoms with Gasteiger partial charge in [-0.05, 0) is 74.7 Å². The van der Waals surface area contributed by atoms with Gasteiger partial charge in [-0.2, -0.15) is 11.8 Å². The van der Waals surface area contributed by atoms with Gasteiger partial charge >= 0.3 is 0 Å². The highest BCUT2D eigenvalue weighted by Crippen LogP contribution is 2.55. The van der Waals surface area contributed by atoms with Crippen LogP contribution in [0, 0.1) is 17.8 Å². The molecule has 1 amide bonds. The van der Waals surface area contributed by atoms with Crippen molar-refractivity contribution >= 4 is 17.7 Å². The molecule has 0 aromatic carbocycles. The van der Waals surface area contributed by atoms with E-state index in [0.717, 1.165) is 29.9 Å². The molecule has 4 aliphatic carbocycles. The molecule has 0 spiro atoms. The number of nitrogens with one attached hydrogen (secondary N) is 1. The summed E-state index contributed by atoms with van der Waals surface area (Å²) < 4.78 is 0. The second-order valence-corrected chi connectivity index (χ2v) is 8.06. The summed E-state index contributed by atoms with van der Waals surface area (Å²) >= 11 is 1.76. The second kappa shape index (κ2) is 5.28. The van der Waals surface area contributed by atoms with Crippen molar-refractivity contribution in [2.75, 3.05) is 12.0 Å². The maximum Gasteiger partial charge on any atom is 0.237 e. The summed E-state index contributed by atoms with van der Waals surface area (Å²) in [5.74, 6) is 3.67. The second-order valence-electron chi connectivity index (χ2n) is 7.08. The Bertz CT molecular complexity index is 323. The zero-order chi connectivity index (χ0) is 13.5. The summed E-state index contributed by atoms with van der Waals surface area (Å²) in [6, 6.07) is -0.319. The van der Waals surface area contributed by atoms with E-state index in [1.165, 1.54) is 38.5 Å². The first-order valence-corrected chi connectivity index (χ1v) is 9.06. The van der Waals surface area contributed by atoms with Gasteiger partial charge in [0, 0.05) is 5.54 Å². The molecule has 0 aromatic heterocycles. The molecule has 3 nitrogen and oxygen atoms in total. The molecule has 0 saturated heterocycles. The maximum absolute atomic E-state index is 12.3. The predicted molar refractivity (Wildman–Crippen MR) is 80.0 cm³/mol. The fourth-order valence-corrected chi connectivity index (χ4v) is 5.48. The molecule has 4 fully saturated rings. The van der Waals surface area contributed by atoms with Crippen LogP contribution in [-0.2, 0) is 4.79 Å². The molecule has 0 heterocycles. The van der Waals surface area contributed by atoms with Crippen molar-refractivity contribution in [3.8, 4) is 0 Å². The van der Waals surface area contributed by atoms with Crippen molar-refractivity contribution in [2.24, 2.45) is 23.5 Å². The number of hydrogen-bond donors (Lipinski definition) is 2. The van der Waals surface area contributed by atoms with E-state index < -0.39 is 0 Å². The van der Waals surface area contributed by atoms with Crippen LogP contribution in [0.15, 0.2) is 0 Å². The SMILES string of the molecule is CSCC[C@@H](N)C(=O)NC12CC3CC(CC(C3)C1)C2. The standard InChI is InChI=1S/C15H26N2OS/c1-19-3-2-13(16)14(18)17-15-7-10-4-11(8-15)6-12(5-10)9-15/h10-13H,2-9,16H2,1H3,(H,17,18)/t10?,11?,12?,13-,15?/m1/s1. The molecule has 0 unspecified atom stereocenters. The van der Waals surface area contributed by atoms with E-state index in [1.807, 2.05) is 0 Å². The molecule has 4 saturated carbocycles. The summed E-state index contributed by atoms with van der Waals surface area (Å²) in [6.45, 7) is 0. The molecular weight excluding hydrogens is 256 g/mol. The molecular formula is C15H26N2OS. The molecule has 0 aliphatic heterocycles. The molecule has 4 aliphatic rings. The van der Waals surface area contributed by atoms with Crippen LogP contribution in [0.25, 0.3) is 0 Å². The zero-order valence-corrected chi connectivity index (χ0v) is 12.7. The largest absolute Gasteiger partial charge is 0.349 e. The van der Waals surface area contributed by atoms with Gasteiger partial charge in [-0.15, -0.1) is 0 Å². The summed E-state index contributed by atoms with van der Waals surface area (Å²) in [6.07, 6.45) is 10.7. The summed E-state index contributed by atoms with van der Waals surface area (Å²) in [7, 11) is 0. The van der Waals surface area contributed by atoms with E-state index in [4.69, 9.17) is 5.73 Å². The average Bonchev–Trinajstić information content (AvgIpc) is 2.33. The molecule has 4 heteroatoms. The van der Waals surface area contributed by atoms with Crippen molar-refractivity contribution in [1.29, 1.82) is 0 Å². The lowest BCUT2D eigenvalue weighted by Gasteiger charge is -2.57. The van der Waals surface area contributed by atoms with Gasteiger partial charge < -0.3 is 11.1 Å². The Balaban J connectivity index is 1.61. The van der Waals surface area contributed by atoms with Crippen molar-refractivity contribution in [2.45, 2.75) is 56.5 Å². The minimum absolute atomic E-state index is 0.0935. The van der Waals surface area contributed by atoms with Crippen molar-refractivity contribution < 1.29 is 4.79 Å². The molecule has 19 heavy (non-hydrogen) atoms. The Morgan fingerprint density at radius 2 is 1.79 bits per heavy atom. The highest BCUT2D eigenvalue weighted by Gasteiger charge is 2.51. The quantitative estimate of drug-likeness (QED) is 0.812. The summed E-state index contributed by atoms with van der Waals surface area (Å²) in [5.41, 5.74) is 6.12. The molecule has 0 aromatic rings.